The van der Waals surface area contributed by atoms with Gasteiger partial charge in [-0.05, 0) is 45.6 Å². The van der Waals surface area contributed by atoms with E-state index in [1.165, 1.54) is 13.8 Å². The number of ether oxygens (including phenoxy) is 2. The molecule has 0 aliphatic carbocycles. The fourth-order valence-electron chi connectivity index (χ4n) is 4.27. The minimum Gasteiger partial charge on any atom is -0.481 e. The van der Waals surface area contributed by atoms with E-state index in [9.17, 15) is 19.5 Å². The largest absolute Gasteiger partial charge is 0.508 e. The SMILES string of the molecule is CC(C=CC[C@H](C)[C@H](OC(=O)OCC(Cl)(Cl)Cl)[C@@H](C)C(=O)C(C)(C)[C@@H](O)CC(=O)O)=CC[C@H](N)C(C)=Cc1csc(C)n1. The van der Waals surface area contributed by atoms with Crippen LogP contribution in [0.4, 0.5) is 4.79 Å². The van der Waals surface area contributed by atoms with Crippen LogP contribution in [-0.2, 0) is 19.1 Å². The molecule has 9 nitrogen and oxygen atoms in total. The summed E-state index contributed by atoms with van der Waals surface area (Å²) >= 11 is 18.6. The van der Waals surface area contributed by atoms with Crippen molar-refractivity contribution >= 4 is 70.1 Å². The molecule has 0 spiro atoms. The van der Waals surface area contributed by atoms with Gasteiger partial charge in [0.05, 0.1) is 34.6 Å². The van der Waals surface area contributed by atoms with Gasteiger partial charge in [0, 0.05) is 11.4 Å². The first-order chi connectivity index (χ1) is 19.7. The van der Waals surface area contributed by atoms with Gasteiger partial charge >= 0.3 is 12.1 Å². The van der Waals surface area contributed by atoms with E-state index in [-0.39, 0.29) is 12.0 Å². The number of carboxylic acid groups (broad SMARTS) is 1. The van der Waals surface area contributed by atoms with Gasteiger partial charge < -0.3 is 25.4 Å². The molecule has 0 fully saturated rings. The number of carbonyl (C=O) groups is 3. The van der Waals surface area contributed by atoms with E-state index in [2.05, 4.69) is 4.98 Å². The normalized spacial score (nSPS) is 16.8. The zero-order valence-electron chi connectivity index (χ0n) is 25.6. The molecule has 0 amide bonds. The quantitative estimate of drug-likeness (QED) is 0.0947. The van der Waals surface area contributed by atoms with E-state index >= 15 is 0 Å². The van der Waals surface area contributed by atoms with Crippen molar-refractivity contribution in [2.45, 2.75) is 89.8 Å². The number of thiazole rings is 1. The van der Waals surface area contributed by atoms with Crippen molar-refractivity contribution < 1.29 is 34.1 Å². The Morgan fingerprint density at radius 3 is 2.33 bits per heavy atom. The predicted molar refractivity (Wildman–Crippen MR) is 172 cm³/mol. The lowest BCUT2D eigenvalue weighted by Crippen LogP contribution is -2.46. The number of hydrogen-bond acceptors (Lipinski definition) is 9. The Hall–Kier alpha value is -1.95. The van der Waals surface area contributed by atoms with Crippen LogP contribution in [0.1, 0.15) is 71.5 Å². The summed E-state index contributed by atoms with van der Waals surface area (Å²) in [7, 11) is 0. The Bertz CT molecular complexity index is 1190. The average Bonchev–Trinajstić information content (AvgIpc) is 3.31. The molecule has 5 atom stereocenters. The number of alkyl halides is 3. The second kappa shape index (κ2) is 17.5. The molecule has 0 saturated heterocycles. The zero-order chi connectivity index (χ0) is 33.1. The monoisotopic (exact) mass is 680 g/mol. The lowest BCUT2D eigenvalue weighted by atomic mass is 9.73. The van der Waals surface area contributed by atoms with Crippen molar-refractivity contribution in [3.8, 4) is 0 Å². The molecule has 1 rings (SSSR count). The molecule has 0 aliphatic rings. The van der Waals surface area contributed by atoms with E-state index in [1.54, 1.807) is 25.2 Å². The van der Waals surface area contributed by atoms with Gasteiger partial charge in [-0.1, -0.05) is 91.9 Å². The topological polar surface area (TPSA) is 149 Å². The number of allylic oxidation sites excluding steroid dienone is 3. The van der Waals surface area contributed by atoms with Gasteiger partial charge in [-0.3, -0.25) is 9.59 Å². The highest BCUT2D eigenvalue weighted by molar-refractivity contribution is 7.09. The molecule has 0 aliphatic heterocycles. The van der Waals surface area contributed by atoms with Crippen molar-refractivity contribution in [2.75, 3.05) is 6.61 Å². The Morgan fingerprint density at radius 1 is 1.16 bits per heavy atom. The van der Waals surface area contributed by atoms with E-state index in [0.29, 0.717) is 12.8 Å². The fraction of sp³-hybridized carbons (Fsp3) is 0.600. The van der Waals surface area contributed by atoms with Crippen molar-refractivity contribution in [2.24, 2.45) is 23.0 Å². The van der Waals surface area contributed by atoms with E-state index in [4.69, 9.17) is 55.1 Å². The Balaban J connectivity index is 3.00. The summed E-state index contributed by atoms with van der Waals surface area (Å²) in [6.07, 6.45) is 4.67. The third-order valence-corrected chi connectivity index (χ3v) is 8.19. The zero-order valence-corrected chi connectivity index (χ0v) is 28.7. The maximum absolute atomic E-state index is 13.4. The second-order valence-electron chi connectivity index (χ2n) is 11.3. The van der Waals surface area contributed by atoms with Gasteiger partial charge in [0.25, 0.3) is 0 Å². The minimum absolute atomic E-state index is 0.174. The summed E-state index contributed by atoms with van der Waals surface area (Å²) in [5.41, 5.74) is 7.80. The highest BCUT2D eigenvalue weighted by Gasteiger charge is 2.43. The van der Waals surface area contributed by atoms with Gasteiger partial charge in [-0.2, -0.15) is 0 Å². The summed E-state index contributed by atoms with van der Waals surface area (Å²) in [5, 5.41) is 22.5. The summed E-state index contributed by atoms with van der Waals surface area (Å²) in [6, 6.07) is -0.174. The van der Waals surface area contributed by atoms with Crippen molar-refractivity contribution in [3.05, 3.63) is 45.5 Å². The van der Waals surface area contributed by atoms with Crippen LogP contribution < -0.4 is 5.73 Å². The first kappa shape index (κ1) is 39.1. The van der Waals surface area contributed by atoms with Crippen molar-refractivity contribution in [1.82, 2.24) is 4.98 Å². The molecule has 0 bridgehead atoms. The third kappa shape index (κ3) is 14.1. The average molecular weight is 682 g/mol. The second-order valence-corrected chi connectivity index (χ2v) is 14.9. The molecule has 0 saturated carbocycles. The lowest BCUT2D eigenvalue weighted by molar-refractivity contribution is -0.147. The molecule has 43 heavy (non-hydrogen) atoms. The number of ketones is 1. The number of carboxylic acids is 1. The molecule has 0 unspecified atom stereocenters. The number of aliphatic carboxylic acids is 1. The number of aliphatic hydroxyl groups is 1. The Labute approximate surface area is 273 Å². The minimum atomic E-state index is -1.85. The van der Waals surface area contributed by atoms with Gasteiger partial charge in [0.1, 0.15) is 18.5 Å². The number of Topliss-reactive ketones (excluding diaryl/α,β-unsaturated/α-hetero) is 1. The number of nitrogens with zero attached hydrogens (tertiary/aromatic N) is 1. The van der Waals surface area contributed by atoms with Crippen LogP contribution in [-0.4, -0.2) is 61.8 Å². The molecular formula is C30H43Cl3N2O7S. The molecule has 1 heterocycles. The smallest absolute Gasteiger partial charge is 0.481 e. The number of aromatic nitrogens is 1. The van der Waals surface area contributed by atoms with E-state index in [1.807, 2.05) is 50.5 Å². The van der Waals surface area contributed by atoms with Crippen LogP contribution in [0.25, 0.3) is 6.08 Å². The summed E-state index contributed by atoms with van der Waals surface area (Å²) in [5.74, 6) is -3.02. The number of carbonyl (C=O) groups excluding carboxylic acids is 2. The molecule has 0 radical (unpaired) electrons. The first-order valence-corrected chi connectivity index (χ1v) is 15.8. The molecule has 1 aromatic rings. The maximum atomic E-state index is 13.4. The number of hydrogen-bond donors (Lipinski definition) is 3. The van der Waals surface area contributed by atoms with E-state index in [0.717, 1.165) is 21.8 Å². The van der Waals surface area contributed by atoms with Crippen LogP contribution in [0, 0.1) is 24.2 Å². The number of aliphatic hydroxyl groups excluding tert-OH is 1. The van der Waals surface area contributed by atoms with Gasteiger partial charge in [-0.25, -0.2) is 9.78 Å². The molecule has 1 aromatic heterocycles. The highest BCUT2D eigenvalue weighted by Crippen LogP contribution is 2.33. The van der Waals surface area contributed by atoms with Gasteiger partial charge in [-0.15, -0.1) is 11.3 Å². The van der Waals surface area contributed by atoms with Gasteiger partial charge in [0.2, 0.25) is 3.79 Å². The standard InChI is InChI=1S/C30H43Cl3N2O7S/c1-17(11-12-23(34)19(3)13-22-15-43-21(5)35-22)9-8-10-18(2)26(42-28(40)41-16-30(31,32)33)20(4)27(39)29(6,7)24(36)14-25(37)38/h8-9,11,13,15,18,20,23-24,26,36H,10,12,14,16,34H2,1-7H3,(H,37,38)/t18-,20+,23-,24-,26-/m0/s1. The summed E-state index contributed by atoms with van der Waals surface area (Å²) in [4.78, 5) is 41.5. The molecule has 13 heteroatoms. The van der Waals surface area contributed by atoms with Crippen LogP contribution in [0.5, 0.6) is 0 Å². The summed E-state index contributed by atoms with van der Waals surface area (Å²) in [6.45, 7) is 11.6. The van der Waals surface area contributed by atoms with E-state index < -0.39 is 58.3 Å². The predicted octanol–water partition coefficient (Wildman–Crippen LogP) is 7.06. The van der Waals surface area contributed by atoms with Gasteiger partial charge in [0.15, 0.2) is 0 Å². The number of nitrogens with two attached hydrogens (primary N) is 1. The van der Waals surface area contributed by atoms with Crippen LogP contribution in [0.15, 0.2) is 34.8 Å². The summed E-state index contributed by atoms with van der Waals surface area (Å²) < 4.78 is 8.59. The van der Waals surface area contributed by atoms with Crippen molar-refractivity contribution in [3.63, 3.8) is 0 Å². The van der Waals surface area contributed by atoms with Crippen LogP contribution in [0.2, 0.25) is 0 Å². The fourth-order valence-corrected chi connectivity index (χ4v) is 5.01. The molecular weight excluding hydrogens is 639 g/mol. The van der Waals surface area contributed by atoms with Crippen molar-refractivity contribution in [1.29, 1.82) is 0 Å². The Morgan fingerprint density at radius 2 is 1.79 bits per heavy atom. The van der Waals surface area contributed by atoms with Crippen LogP contribution >= 0.6 is 46.1 Å². The molecule has 4 N–H and O–H groups in total. The lowest BCUT2D eigenvalue weighted by Gasteiger charge is -2.35. The number of halogens is 3. The molecule has 242 valence electrons. The third-order valence-electron chi connectivity index (χ3n) is 7.07. The first-order valence-electron chi connectivity index (χ1n) is 13.8. The maximum Gasteiger partial charge on any atom is 0.508 e. The number of rotatable bonds is 16. The van der Waals surface area contributed by atoms with Crippen LogP contribution in [0.3, 0.4) is 0 Å². The Kier molecular flexibility index (Phi) is 15.9. The number of aryl methyl sites for hydroxylation is 1. The molecule has 0 aromatic carbocycles. The highest BCUT2D eigenvalue weighted by atomic mass is 35.6.